The summed E-state index contributed by atoms with van der Waals surface area (Å²) in [4.78, 5) is 4.19. The maximum atomic E-state index is 5.61. The molecule has 1 rings (SSSR count). The van der Waals surface area contributed by atoms with Gasteiger partial charge in [-0.05, 0) is 38.9 Å². The Bertz CT molecular complexity index is 336. The van der Waals surface area contributed by atoms with Crippen molar-refractivity contribution in [1.29, 1.82) is 0 Å². The summed E-state index contributed by atoms with van der Waals surface area (Å²) in [5.74, 6) is 0.816. The van der Waals surface area contributed by atoms with E-state index in [1.165, 1.54) is 0 Å². The van der Waals surface area contributed by atoms with E-state index in [0.717, 1.165) is 17.7 Å². The van der Waals surface area contributed by atoms with Crippen molar-refractivity contribution in [3.63, 3.8) is 0 Å². The molecule has 16 heavy (non-hydrogen) atoms. The fourth-order valence-corrected chi connectivity index (χ4v) is 1.55. The highest BCUT2D eigenvalue weighted by Crippen LogP contribution is 2.20. The molecule has 3 nitrogen and oxygen atoms in total. The predicted octanol–water partition coefficient (Wildman–Crippen LogP) is 2.71. The Balaban J connectivity index is 2.83. The zero-order chi connectivity index (χ0) is 12.0. The van der Waals surface area contributed by atoms with E-state index < -0.39 is 0 Å². The zero-order valence-electron chi connectivity index (χ0n) is 10.2. The summed E-state index contributed by atoms with van der Waals surface area (Å²) in [6.45, 7) is 7.76. The summed E-state index contributed by atoms with van der Waals surface area (Å²) in [7, 11) is 1.93. The van der Waals surface area contributed by atoms with Gasteiger partial charge in [-0.15, -0.1) is 6.58 Å². The third-order valence-electron chi connectivity index (χ3n) is 2.26. The summed E-state index contributed by atoms with van der Waals surface area (Å²) in [6, 6.07) is 2.28. The molecular weight excluding hydrogens is 200 g/mol. The van der Waals surface area contributed by atoms with Crippen LogP contribution in [0.2, 0.25) is 0 Å². The first kappa shape index (κ1) is 12.7. The number of nitrogens with zero attached hydrogens (tertiary/aromatic N) is 1. The number of hydrogen-bond donors (Lipinski definition) is 1. The number of ether oxygens (including phenoxy) is 1. The lowest BCUT2D eigenvalue weighted by Gasteiger charge is -2.16. The Labute approximate surface area is 97.5 Å². The summed E-state index contributed by atoms with van der Waals surface area (Å²) >= 11 is 0. The zero-order valence-corrected chi connectivity index (χ0v) is 10.2. The van der Waals surface area contributed by atoms with Gasteiger partial charge in [-0.25, -0.2) is 0 Å². The SMILES string of the molecule is C=CCC(NC)c1cncc(OC(C)C)c1. The number of pyridine rings is 1. The fraction of sp³-hybridized carbons (Fsp3) is 0.462. The summed E-state index contributed by atoms with van der Waals surface area (Å²) in [5.41, 5.74) is 1.13. The molecule has 1 aromatic rings. The van der Waals surface area contributed by atoms with Gasteiger partial charge < -0.3 is 10.1 Å². The van der Waals surface area contributed by atoms with Crippen molar-refractivity contribution in [2.24, 2.45) is 0 Å². The molecule has 1 heterocycles. The van der Waals surface area contributed by atoms with Crippen LogP contribution in [0, 0.1) is 0 Å². The summed E-state index contributed by atoms with van der Waals surface area (Å²) < 4.78 is 5.61. The predicted molar refractivity (Wildman–Crippen MR) is 66.6 cm³/mol. The van der Waals surface area contributed by atoms with Crippen LogP contribution >= 0.6 is 0 Å². The van der Waals surface area contributed by atoms with E-state index in [2.05, 4.69) is 16.9 Å². The molecule has 1 unspecified atom stereocenters. The second-order valence-corrected chi connectivity index (χ2v) is 3.99. The topological polar surface area (TPSA) is 34.2 Å². The maximum Gasteiger partial charge on any atom is 0.138 e. The van der Waals surface area contributed by atoms with E-state index in [9.17, 15) is 0 Å². The first-order valence-corrected chi connectivity index (χ1v) is 5.57. The number of nitrogens with one attached hydrogen (secondary N) is 1. The molecule has 0 saturated heterocycles. The lowest BCUT2D eigenvalue weighted by Crippen LogP contribution is -2.16. The molecule has 0 radical (unpaired) electrons. The molecule has 0 aliphatic heterocycles. The average Bonchev–Trinajstić information content (AvgIpc) is 2.25. The molecule has 1 aromatic heterocycles. The molecule has 0 fully saturated rings. The van der Waals surface area contributed by atoms with Crippen LogP contribution in [0.5, 0.6) is 5.75 Å². The molecule has 1 N–H and O–H groups in total. The van der Waals surface area contributed by atoms with Gasteiger partial charge in [0.1, 0.15) is 5.75 Å². The van der Waals surface area contributed by atoms with Crippen LogP contribution in [-0.2, 0) is 0 Å². The molecule has 1 atom stereocenters. The van der Waals surface area contributed by atoms with E-state index in [1.54, 1.807) is 6.20 Å². The number of rotatable bonds is 6. The van der Waals surface area contributed by atoms with Crippen LogP contribution in [0.25, 0.3) is 0 Å². The van der Waals surface area contributed by atoms with Crippen LogP contribution in [0.1, 0.15) is 31.9 Å². The first-order valence-electron chi connectivity index (χ1n) is 5.57. The average molecular weight is 220 g/mol. The van der Waals surface area contributed by atoms with Gasteiger partial charge in [0, 0.05) is 12.2 Å². The Hall–Kier alpha value is -1.35. The van der Waals surface area contributed by atoms with Crippen LogP contribution in [0.15, 0.2) is 31.1 Å². The van der Waals surface area contributed by atoms with Gasteiger partial charge in [0.05, 0.1) is 12.3 Å². The van der Waals surface area contributed by atoms with Gasteiger partial charge in [-0.1, -0.05) is 6.08 Å². The number of aromatic nitrogens is 1. The van der Waals surface area contributed by atoms with Crippen LogP contribution < -0.4 is 10.1 Å². The molecule has 0 aromatic carbocycles. The smallest absolute Gasteiger partial charge is 0.138 e. The van der Waals surface area contributed by atoms with E-state index in [4.69, 9.17) is 4.74 Å². The summed E-state index contributed by atoms with van der Waals surface area (Å²) in [6.07, 6.45) is 6.55. The lowest BCUT2D eigenvalue weighted by molar-refractivity contribution is 0.241. The third-order valence-corrected chi connectivity index (χ3v) is 2.26. The molecule has 0 spiro atoms. The van der Waals surface area contributed by atoms with Gasteiger partial charge in [-0.2, -0.15) is 0 Å². The van der Waals surface area contributed by atoms with Crippen LogP contribution in [0.4, 0.5) is 0 Å². The Morgan fingerprint density at radius 2 is 2.25 bits per heavy atom. The Kier molecular flexibility index (Phi) is 4.99. The van der Waals surface area contributed by atoms with Crippen molar-refractivity contribution >= 4 is 0 Å². The molecule has 0 bridgehead atoms. The second-order valence-electron chi connectivity index (χ2n) is 3.99. The minimum Gasteiger partial charge on any atom is -0.489 e. The van der Waals surface area contributed by atoms with Gasteiger partial charge in [0.15, 0.2) is 0 Å². The minimum atomic E-state index is 0.171. The maximum absolute atomic E-state index is 5.61. The van der Waals surface area contributed by atoms with E-state index in [-0.39, 0.29) is 12.1 Å². The molecule has 0 amide bonds. The van der Waals surface area contributed by atoms with Crippen molar-refractivity contribution in [3.05, 3.63) is 36.7 Å². The quantitative estimate of drug-likeness (QED) is 0.748. The van der Waals surface area contributed by atoms with E-state index >= 15 is 0 Å². The van der Waals surface area contributed by atoms with Crippen molar-refractivity contribution in [3.8, 4) is 5.75 Å². The van der Waals surface area contributed by atoms with Gasteiger partial charge in [0.2, 0.25) is 0 Å². The molecule has 0 aliphatic carbocycles. The monoisotopic (exact) mass is 220 g/mol. The van der Waals surface area contributed by atoms with Gasteiger partial charge >= 0.3 is 0 Å². The standard InChI is InChI=1S/C13H20N2O/c1-5-6-13(14-4)11-7-12(9-15-8-11)16-10(2)3/h5,7-10,13-14H,1,6H2,2-4H3. The van der Waals surface area contributed by atoms with Gasteiger partial charge in [-0.3, -0.25) is 4.98 Å². The Morgan fingerprint density at radius 3 is 2.81 bits per heavy atom. The molecule has 88 valence electrons. The van der Waals surface area contributed by atoms with Crippen molar-refractivity contribution < 1.29 is 4.74 Å². The van der Waals surface area contributed by atoms with Crippen molar-refractivity contribution in [2.75, 3.05) is 7.05 Å². The lowest BCUT2D eigenvalue weighted by atomic mass is 10.1. The second kappa shape index (κ2) is 6.28. The van der Waals surface area contributed by atoms with Crippen LogP contribution in [0.3, 0.4) is 0 Å². The highest BCUT2D eigenvalue weighted by atomic mass is 16.5. The van der Waals surface area contributed by atoms with Crippen LogP contribution in [-0.4, -0.2) is 18.1 Å². The van der Waals surface area contributed by atoms with Crippen molar-refractivity contribution in [2.45, 2.75) is 32.4 Å². The summed E-state index contributed by atoms with van der Waals surface area (Å²) in [5, 5.41) is 3.23. The molecule has 0 aliphatic rings. The fourth-order valence-electron chi connectivity index (χ4n) is 1.55. The molecule has 0 saturated carbocycles. The Morgan fingerprint density at radius 1 is 1.50 bits per heavy atom. The third kappa shape index (κ3) is 3.66. The molecule has 3 heteroatoms. The number of hydrogen-bond acceptors (Lipinski definition) is 3. The minimum absolute atomic E-state index is 0.171. The largest absolute Gasteiger partial charge is 0.489 e. The van der Waals surface area contributed by atoms with Crippen molar-refractivity contribution in [1.82, 2.24) is 10.3 Å². The first-order chi connectivity index (χ1) is 7.67. The highest BCUT2D eigenvalue weighted by molar-refractivity contribution is 5.26. The van der Waals surface area contributed by atoms with E-state index in [1.807, 2.05) is 39.2 Å². The molecular formula is C13H20N2O. The highest BCUT2D eigenvalue weighted by Gasteiger charge is 2.09. The van der Waals surface area contributed by atoms with Gasteiger partial charge in [0.25, 0.3) is 0 Å². The normalized spacial score (nSPS) is 12.5. The van der Waals surface area contributed by atoms with E-state index in [0.29, 0.717) is 0 Å².